The summed E-state index contributed by atoms with van der Waals surface area (Å²) < 4.78 is 4.57. The zero-order valence-corrected chi connectivity index (χ0v) is 9.23. The maximum atomic E-state index is 11.6. The van der Waals surface area contributed by atoms with Gasteiger partial charge in [0.25, 0.3) is 0 Å². The SMILES string of the molecule is CNC(CN1C(=O)C2CC2C1=O)C(=O)OC. The molecule has 3 unspecified atom stereocenters. The molecule has 1 heterocycles. The maximum absolute atomic E-state index is 11.6. The van der Waals surface area contributed by atoms with Crippen molar-refractivity contribution in [2.75, 3.05) is 20.7 Å². The number of ether oxygens (including phenoxy) is 1. The summed E-state index contributed by atoms with van der Waals surface area (Å²) in [6, 6.07) is -0.643. The molecule has 16 heavy (non-hydrogen) atoms. The molecule has 2 amide bonds. The van der Waals surface area contributed by atoms with E-state index in [9.17, 15) is 14.4 Å². The first kappa shape index (κ1) is 11.1. The third kappa shape index (κ3) is 1.59. The standard InChI is InChI=1S/C10H14N2O4/c1-11-7(10(15)16-2)4-12-8(13)5-3-6(5)9(12)14/h5-7,11H,3-4H2,1-2H3. The molecule has 0 aromatic heterocycles. The second-order valence-electron chi connectivity index (χ2n) is 4.10. The molecule has 1 saturated carbocycles. The lowest BCUT2D eigenvalue weighted by Crippen LogP contribution is -2.48. The quantitative estimate of drug-likeness (QED) is 0.479. The van der Waals surface area contributed by atoms with E-state index in [-0.39, 0.29) is 30.2 Å². The van der Waals surface area contributed by atoms with Gasteiger partial charge < -0.3 is 10.1 Å². The molecule has 2 aliphatic rings. The van der Waals surface area contributed by atoms with Crippen molar-refractivity contribution in [3.05, 3.63) is 0 Å². The molecular formula is C10H14N2O4. The molecule has 6 heteroatoms. The number of nitrogens with zero attached hydrogens (tertiary/aromatic N) is 1. The molecule has 2 fully saturated rings. The summed E-state index contributed by atoms with van der Waals surface area (Å²) >= 11 is 0. The van der Waals surface area contributed by atoms with Crippen LogP contribution in [0.15, 0.2) is 0 Å². The van der Waals surface area contributed by atoms with Gasteiger partial charge in [0.15, 0.2) is 0 Å². The van der Waals surface area contributed by atoms with Crippen molar-refractivity contribution in [2.24, 2.45) is 11.8 Å². The predicted octanol–water partition coefficient (Wildman–Crippen LogP) is -1.25. The Morgan fingerprint density at radius 1 is 1.50 bits per heavy atom. The maximum Gasteiger partial charge on any atom is 0.324 e. The van der Waals surface area contributed by atoms with Crippen LogP contribution in [0.1, 0.15) is 6.42 Å². The largest absolute Gasteiger partial charge is 0.468 e. The highest BCUT2D eigenvalue weighted by Gasteiger charge is 2.59. The molecule has 6 nitrogen and oxygen atoms in total. The molecule has 3 atom stereocenters. The number of methoxy groups -OCH3 is 1. The molecule has 0 spiro atoms. The summed E-state index contributed by atoms with van der Waals surface area (Å²) in [6.07, 6.45) is 0.677. The third-order valence-electron chi connectivity index (χ3n) is 3.16. The van der Waals surface area contributed by atoms with E-state index in [0.717, 1.165) is 4.90 Å². The number of hydrogen-bond donors (Lipinski definition) is 1. The van der Waals surface area contributed by atoms with Crippen molar-refractivity contribution < 1.29 is 19.1 Å². The van der Waals surface area contributed by atoms with Crippen molar-refractivity contribution >= 4 is 17.8 Å². The molecular weight excluding hydrogens is 212 g/mol. The number of imide groups is 1. The fraction of sp³-hybridized carbons (Fsp3) is 0.700. The molecule has 0 aromatic rings. The Morgan fingerprint density at radius 2 is 2.06 bits per heavy atom. The van der Waals surface area contributed by atoms with Gasteiger partial charge in [0.1, 0.15) is 6.04 Å². The molecule has 1 aliphatic heterocycles. The minimum Gasteiger partial charge on any atom is -0.468 e. The highest BCUT2D eigenvalue weighted by Crippen LogP contribution is 2.46. The minimum absolute atomic E-state index is 0.0633. The Bertz CT molecular complexity index is 335. The van der Waals surface area contributed by atoms with E-state index in [2.05, 4.69) is 10.1 Å². The number of carbonyl (C=O) groups excluding carboxylic acids is 3. The van der Waals surface area contributed by atoms with Gasteiger partial charge in [0, 0.05) is 0 Å². The van der Waals surface area contributed by atoms with Crippen molar-refractivity contribution in [2.45, 2.75) is 12.5 Å². The molecule has 1 saturated heterocycles. The van der Waals surface area contributed by atoms with E-state index in [0.29, 0.717) is 6.42 Å². The number of piperidine rings is 1. The molecule has 0 bridgehead atoms. The number of esters is 1. The number of nitrogens with one attached hydrogen (secondary N) is 1. The summed E-state index contributed by atoms with van der Waals surface area (Å²) in [5.74, 6) is -1.02. The van der Waals surface area contributed by atoms with Crippen LogP contribution in [-0.2, 0) is 19.1 Å². The van der Waals surface area contributed by atoms with Crippen LogP contribution in [-0.4, -0.2) is 49.4 Å². The van der Waals surface area contributed by atoms with Crippen LogP contribution in [0.5, 0.6) is 0 Å². The average Bonchev–Trinajstić information content (AvgIpc) is 3.03. The average molecular weight is 226 g/mol. The number of hydrogen-bond acceptors (Lipinski definition) is 5. The number of fused-ring (bicyclic) bond motifs is 1. The number of carbonyl (C=O) groups is 3. The Hall–Kier alpha value is -1.43. The van der Waals surface area contributed by atoms with Gasteiger partial charge in [-0.05, 0) is 13.5 Å². The van der Waals surface area contributed by atoms with E-state index >= 15 is 0 Å². The normalized spacial score (nSPS) is 29.0. The number of rotatable bonds is 4. The van der Waals surface area contributed by atoms with Crippen molar-refractivity contribution in [3.8, 4) is 0 Å². The summed E-state index contributed by atoms with van der Waals surface area (Å²) in [5.41, 5.74) is 0. The van der Waals surface area contributed by atoms with Gasteiger partial charge in [0.05, 0.1) is 25.5 Å². The smallest absolute Gasteiger partial charge is 0.324 e. The van der Waals surface area contributed by atoms with Crippen LogP contribution in [0.2, 0.25) is 0 Å². The molecule has 1 aliphatic carbocycles. The van der Waals surface area contributed by atoms with Crippen LogP contribution in [0.4, 0.5) is 0 Å². The van der Waals surface area contributed by atoms with E-state index in [1.807, 2.05) is 0 Å². The van der Waals surface area contributed by atoms with Crippen LogP contribution in [0.3, 0.4) is 0 Å². The lowest BCUT2D eigenvalue weighted by Gasteiger charge is -2.21. The first-order valence-electron chi connectivity index (χ1n) is 5.20. The minimum atomic E-state index is -0.643. The van der Waals surface area contributed by atoms with Gasteiger partial charge in [0.2, 0.25) is 11.8 Å². The predicted molar refractivity (Wildman–Crippen MR) is 53.2 cm³/mol. The molecule has 0 aromatic carbocycles. The summed E-state index contributed by atoms with van der Waals surface area (Å²) in [6.45, 7) is 0.0633. The summed E-state index contributed by atoms with van der Waals surface area (Å²) in [5, 5.41) is 2.73. The number of amides is 2. The number of likely N-dealkylation sites (N-methyl/N-ethyl adjacent to an activating group) is 1. The lowest BCUT2D eigenvalue weighted by atomic mass is 10.2. The van der Waals surface area contributed by atoms with Gasteiger partial charge >= 0.3 is 5.97 Å². The van der Waals surface area contributed by atoms with Crippen molar-refractivity contribution in [1.29, 1.82) is 0 Å². The zero-order chi connectivity index (χ0) is 11.9. The van der Waals surface area contributed by atoms with Gasteiger partial charge in [-0.15, -0.1) is 0 Å². The zero-order valence-electron chi connectivity index (χ0n) is 9.23. The Balaban J connectivity index is 2.01. The fourth-order valence-corrected chi connectivity index (χ4v) is 2.04. The van der Waals surface area contributed by atoms with Crippen molar-refractivity contribution in [3.63, 3.8) is 0 Å². The first-order chi connectivity index (χ1) is 7.60. The molecule has 88 valence electrons. The highest BCUT2D eigenvalue weighted by atomic mass is 16.5. The van der Waals surface area contributed by atoms with Gasteiger partial charge in [-0.2, -0.15) is 0 Å². The lowest BCUT2D eigenvalue weighted by molar-refractivity contribution is -0.146. The van der Waals surface area contributed by atoms with E-state index < -0.39 is 12.0 Å². The van der Waals surface area contributed by atoms with Crippen LogP contribution < -0.4 is 5.32 Å². The van der Waals surface area contributed by atoms with Crippen LogP contribution in [0, 0.1) is 11.8 Å². The third-order valence-corrected chi connectivity index (χ3v) is 3.16. The molecule has 2 rings (SSSR count). The van der Waals surface area contributed by atoms with Gasteiger partial charge in [-0.1, -0.05) is 0 Å². The monoisotopic (exact) mass is 226 g/mol. The Kier molecular flexibility index (Phi) is 2.67. The second kappa shape index (κ2) is 3.86. The molecule has 0 radical (unpaired) electrons. The molecule has 1 N–H and O–H groups in total. The fourth-order valence-electron chi connectivity index (χ4n) is 2.04. The number of likely N-dealkylation sites (tertiary alicyclic amines) is 1. The van der Waals surface area contributed by atoms with Gasteiger partial charge in [-0.25, -0.2) is 0 Å². The summed E-state index contributed by atoms with van der Waals surface area (Å²) in [7, 11) is 2.87. The van der Waals surface area contributed by atoms with E-state index in [4.69, 9.17) is 0 Å². The van der Waals surface area contributed by atoms with Crippen LogP contribution in [0.25, 0.3) is 0 Å². The first-order valence-corrected chi connectivity index (χ1v) is 5.20. The summed E-state index contributed by atoms with van der Waals surface area (Å²) in [4.78, 5) is 35.8. The van der Waals surface area contributed by atoms with E-state index in [1.54, 1.807) is 7.05 Å². The van der Waals surface area contributed by atoms with Crippen molar-refractivity contribution in [1.82, 2.24) is 10.2 Å². The Labute approximate surface area is 92.9 Å². The van der Waals surface area contributed by atoms with Gasteiger partial charge in [-0.3, -0.25) is 19.3 Å². The van der Waals surface area contributed by atoms with E-state index in [1.165, 1.54) is 7.11 Å². The highest BCUT2D eigenvalue weighted by molar-refractivity contribution is 6.09. The Morgan fingerprint density at radius 3 is 2.50 bits per heavy atom. The van der Waals surface area contributed by atoms with Crippen LogP contribution >= 0.6 is 0 Å². The second-order valence-corrected chi connectivity index (χ2v) is 4.10. The topological polar surface area (TPSA) is 75.7 Å².